The maximum absolute atomic E-state index is 13.0. The summed E-state index contributed by atoms with van der Waals surface area (Å²) in [6.45, 7) is 0.206. The van der Waals surface area contributed by atoms with Crippen LogP contribution in [-0.2, 0) is 6.42 Å². The molecule has 0 aliphatic rings. The number of imidazole rings is 1. The molecule has 0 spiro atoms. The highest BCUT2D eigenvalue weighted by Gasteiger charge is 2.15. The van der Waals surface area contributed by atoms with E-state index in [1.807, 2.05) is 59.3 Å². The number of para-hydroxylation sites is 1. The van der Waals surface area contributed by atoms with Crippen molar-refractivity contribution in [1.29, 1.82) is 0 Å². The molecule has 7 heteroatoms. The normalized spacial score (nSPS) is 10.9. The van der Waals surface area contributed by atoms with E-state index in [2.05, 4.69) is 20.5 Å². The Kier molecular flexibility index (Phi) is 6.54. The van der Waals surface area contributed by atoms with Crippen LogP contribution in [0.25, 0.3) is 16.8 Å². The molecule has 1 amide bonds. The smallest absolute Gasteiger partial charge is 0.258 e. The van der Waals surface area contributed by atoms with Crippen molar-refractivity contribution in [2.75, 3.05) is 11.9 Å². The van der Waals surface area contributed by atoms with Gasteiger partial charge in [-0.25, -0.2) is 4.98 Å². The molecule has 0 fully saturated rings. The van der Waals surface area contributed by atoms with Gasteiger partial charge >= 0.3 is 0 Å². The molecule has 0 aliphatic carbocycles. The average molecular weight is 415 g/mol. The zero-order valence-electron chi connectivity index (χ0n) is 17.2. The lowest BCUT2D eigenvalue weighted by atomic mass is 10.1. The monoisotopic (exact) mass is 415 g/mol. The first-order valence-corrected chi connectivity index (χ1v) is 10.4. The third kappa shape index (κ3) is 5.07. The molecule has 0 saturated carbocycles. The minimum Gasteiger partial charge on any atom is -0.396 e. The van der Waals surface area contributed by atoms with E-state index in [1.165, 1.54) is 0 Å². The number of aryl methyl sites for hydroxylation is 1. The Morgan fingerprint density at radius 3 is 2.68 bits per heavy atom. The number of unbranched alkanes of at least 4 members (excludes halogenated alkanes) is 2. The van der Waals surface area contributed by atoms with Crippen LogP contribution in [0, 0.1) is 0 Å². The van der Waals surface area contributed by atoms with Crippen molar-refractivity contribution in [2.24, 2.45) is 0 Å². The topological polar surface area (TPSA) is 95.8 Å². The van der Waals surface area contributed by atoms with Crippen LogP contribution in [0.5, 0.6) is 0 Å². The lowest BCUT2D eigenvalue weighted by molar-refractivity contribution is 0.102. The number of aromatic nitrogens is 4. The van der Waals surface area contributed by atoms with Gasteiger partial charge < -0.3 is 5.11 Å². The fraction of sp³-hybridized carbons (Fsp3) is 0.208. The molecule has 0 atom stereocenters. The number of carbonyl (C=O) groups excluding carboxylic acids is 1. The van der Waals surface area contributed by atoms with Crippen LogP contribution in [0.4, 0.5) is 5.95 Å². The molecule has 0 saturated heterocycles. The first-order chi connectivity index (χ1) is 15.2. The molecule has 0 bridgehead atoms. The highest BCUT2D eigenvalue weighted by Crippen LogP contribution is 2.21. The Morgan fingerprint density at radius 2 is 1.90 bits per heavy atom. The first kappa shape index (κ1) is 20.6. The van der Waals surface area contributed by atoms with Crippen molar-refractivity contribution in [3.05, 3.63) is 84.4 Å². The van der Waals surface area contributed by atoms with E-state index >= 15 is 0 Å². The Labute approximate surface area is 180 Å². The largest absolute Gasteiger partial charge is 0.396 e. The molecule has 0 aliphatic heterocycles. The Balaban J connectivity index is 1.57. The maximum atomic E-state index is 13.0. The summed E-state index contributed by atoms with van der Waals surface area (Å²) in [6, 6.07) is 17.2. The SMILES string of the molecule is O=C(Nc1nc(CCCCCO)cn1-c1ccccc1)c1cccc(-c2cn[nH]c2)c1. The number of nitrogens with zero attached hydrogens (tertiary/aromatic N) is 3. The maximum Gasteiger partial charge on any atom is 0.258 e. The van der Waals surface area contributed by atoms with Crippen molar-refractivity contribution >= 4 is 11.9 Å². The van der Waals surface area contributed by atoms with Crippen LogP contribution in [0.2, 0.25) is 0 Å². The lowest BCUT2D eigenvalue weighted by Gasteiger charge is -2.09. The van der Waals surface area contributed by atoms with Gasteiger partial charge in [-0.15, -0.1) is 0 Å². The molecule has 7 nitrogen and oxygen atoms in total. The van der Waals surface area contributed by atoms with Crippen molar-refractivity contribution in [3.8, 4) is 16.8 Å². The predicted molar refractivity (Wildman–Crippen MR) is 120 cm³/mol. The number of aromatic amines is 1. The summed E-state index contributed by atoms with van der Waals surface area (Å²) in [6.07, 6.45) is 8.94. The number of aliphatic hydroxyl groups excluding tert-OH is 1. The number of carbonyl (C=O) groups is 1. The number of H-pyrrole nitrogens is 1. The van der Waals surface area contributed by atoms with Crippen LogP contribution in [0.3, 0.4) is 0 Å². The third-order valence-corrected chi connectivity index (χ3v) is 5.06. The number of amides is 1. The number of hydrogen-bond donors (Lipinski definition) is 3. The van der Waals surface area contributed by atoms with Crippen LogP contribution < -0.4 is 5.32 Å². The van der Waals surface area contributed by atoms with Gasteiger partial charge in [0.15, 0.2) is 0 Å². The summed E-state index contributed by atoms with van der Waals surface area (Å²) in [5, 5.41) is 18.7. The van der Waals surface area contributed by atoms with Crippen LogP contribution in [-0.4, -0.2) is 37.4 Å². The predicted octanol–water partition coefficient (Wildman–Crippen LogP) is 4.22. The minimum absolute atomic E-state index is 0.206. The summed E-state index contributed by atoms with van der Waals surface area (Å²) in [4.78, 5) is 17.7. The fourth-order valence-corrected chi connectivity index (χ4v) is 3.44. The molecule has 4 rings (SSSR count). The summed E-state index contributed by atoms with van der Waals surface area (Å²) >= 11 is 0. The second-order valence-electron chi connectivity index (χ2n) is 7.32. The van der Waals surface area contributed by atoms with E-state index < -0.39 is 0 Å². The van der Waals surface area contributed by atoms with Gasteiger partial charge in [0, 0.05) is 35.8 Å². The van der Waals surface area contributed by atoms with E-state index in [0.717, 1.165) is 48.2 Å². The van der Waals surface area contributed by atoms with Crippen LogP contribution >= 0.6 is 0 Å². The Hall–Kier alpha value is -3.71. The van der Waals surface area contributed by atoms with E-state index in [9.17, 15) is 4.79 Å². The molecule has 2 heterocycles. The van der Waals surface area contributed by atoms with Gasteiger partial charge in [-0.2, -0.15) is 5.10 Å². The number of aliphatic hydroxyl groups is 1. The van der Waals surface area contributed by atoms with Gasteiger partial charge in [0.05, 0.1) is 11.9 Å². The fourth-order valence-electron chi connectivity index (χ4n) is 3.44. The van der Waals surface area contributed by atoms with E-state index in [0.29, 0.717) is 11.5 Å². The summed E-state index contributed by atoms with van der Waals surface area (Å²) < 4.78 is 1.90. The van der Waals surface area contributed by atoms with Crippen molar-refractivity contribution in [1.82, 2.24) is 19.7 Å². The molecular weight excluding hydrogens is 390 g/mol. The molecule has 0 radical (unpaired) electrons. The molecule has 2 aromatic carbocycles. The molecule has 31 heavy (non-hydrogen) atoms. The van der Waals surface area contributed by atoms with E-state index in [4.69, 9.17) is 5.11 Å². The van der Waals surface area contributed by atoms with Crippen molar-refractivity contribution < 1.29 is 9.90 Å². The van der Waals surface area contributed by atoms with E-state index in [-0.39, 0.29) is 12.5 Å². The van der Waals surface area contributed by atoms with Gasteiger partial charge in [-0.1, -0.05) is 36.8 Å². The Bertz CT molecular complexity index is 1120. The standard InChI is InChI=1S/C24H25N5O2/c30-13-6-2-3-10-21-17-29(22-11-4-1-5-12-22)24(27-21)28-23(31)19-9-7-8-18(14-19)20-15-25-26-16-20/h1,4-5,7-9,11-12,14-17,30H,2-3,6,10,13H2,(H,25,26)(H,27,28,31). The van der Waals surface area contributed by atoms with Gasteiger partial charge in [0.25, 0.3) is 5.91 Å². The zero-order chi connectivity index (χ0) is 21.5. The summed E-state index contributed by atoms with van der Waals surface area (Å²) in [7, 11) is 0. The molecular formula is C24H25N5O2. The minimum atomic E-state index is -0.222. The average Bonchev–Trinajstić information content (AvgIpc) is 3.48. The van der Waals surface area contributed by atoms with Gasteiger partial charge in [-0.3, -0.25) is 19.8 Å². The molecule has 0 unspecified atom stereocenters. The number of rotatable bonds is 9. The number of anilines is 1. The highest BCUT2D eigenvalue weighted by atomic mass is 16.2. The van der Waals surface area contributed by atoms with Crippen molar-refractivity contribution in [2.45, 2.75) is 25.7 Å². The number of nitrogens with one attached hydrogen (secondary N) is 2. The van der Waals surface area contributed by atoms with Crippen LogP contribution in [0.15, 0.2) is 73.2 Å². The van der Waals surface area contributed by atoms with Gasteiger partial charge in [0.2, 0.25) is 5.95 Å². The number of benzene rings is 2. The second-order valence-corrected chi connectivity index (χ2v) is 7.32. The molecule has 158 valence electrons. The van der Waals surface area contributed by atoms with Gasteiger partial charge in [-0.05, 0) is 49.1 Å². The second kappa shape index (κ2) is 9.86. The van der Waals surface area contributed by atoms with Crippen LogP contribution in [0.1, 0.15) is 35.3 Å². The number of hydrogen-bond acceptors (Lipinski definition) is 4. The Morgan fingerprint density at radius 1 is 1.03 bits per heavy atom. The zero-order valence-corrected chi connectivity index (χ0v) is 17.2. The molecule has 2 aromatic heterocycles. The molecule has 3 N–H and O–H groups in total. The lowest BCUT2D eigenvalue weighted by Crippen LogP contribution is -2.15. The highest BCUT2D eigenvalue weighted by molar-refractivity contribution is 6.04. The summed E-state index contributed by atoms with van der Waals surface area (Å²) in [5.41, 5.74) is 4.22. The van der Waals surface area contributed by atoms with Crippen molar-refractivity contribution in [3.63, 3.8) is 0 Å². The third-order valence-electron chi connectivity index (χ3n) is 5.06. The summed E-state index contributed by atoms with van der Waals surface area (Å²) in [5.74, 6) is 0.266. The van der Waals surface area contributed by atoms with E-state index in [1.54, 1.807) is 18.5 Å². The van der Waals surface area contributed by atoms with Gasteiger partial charge in [0.1, 0.15) is 0 Å². The molecule has 4 aromatic rings. The quantitative estimate of drug-likeness (QED) is 0.357. The first-order valence-electron chi connectivity index (χ1n) is 10.4.